The number of nitrogens with two attached hydrogens (primary N) is 1. The molecule has 19 heavy (non-hydrogen) atoms. The summed E-state index contributed by atoms with van der Waals surface area (Å²) in [7, 11) is -3.96. The Morgan fingerprint density at radius 2 is 1.53 bits per heavy atom. The number of benzene rings is 2. The van der Waals surface area contributed by atoms with E-state index in [1.54, 1.807) is 24.3 Å². The number of nitrogens with one attached hydrogen (secondary N) is 1. The van der Waals surface area contributed by atoms with E-state index in [4.69, 9.17) is 5.73 Å². The molecule has 0 aliphatic carbocycles. The van der Waals surface area contributed by atoms with Gasteiger partial charge in [0.05, 0.1) is 5.69 Å². The molecule has 0 radical (unpaired) electrons. The first kappa shape index (κ1) is 13.1. The minimum atomic E-state index is -3.96. The van der Waals surface area contributed by atoms with E-state index in [0.29, 0.717) is 0 Å². The van der Waals surface area contributed by atoms with Gasteiger partial charge in [0.1, 0.15) is 4.90 Å². The molecule has 0 aromatic heterocycles. The van der Waals surface area contributed by atoms with Crippen LogP contribution in [0.1, 0.15) is 10.4 Å². The zero-order valence-electron chi connectivity index (χ0n) is 9.91. The molecule has 0 aliphatic rings. The highest BCUT2D eigenvalue weighted by Gasteiger charge is 2.20. The monoisotopic (exact) mass is 276 g/mol. The summed E-state index contributed by atoms with van der Waals surface area (Å²) in [6.45, 7) is 0. The molecule has 0 bridgehead atoms. The number of amides is 1. The topological polar surface area (TPSA) is 89.3 Å². The Morgan fingerprint density at radius 1 is 0.947 bits per heavy atom. The van der Waals surface area contributed by atoms with Crippen molar-refractivity contribution in [3.05, 3.63) is 60.2 Å². The Kier molecular flexibility index (Phi) is 3.52. The number of hydrogen-bond acceptors (Lipinski definition) is 4. The second kappa shape index (κ2) is 5.11. The molecule has 0 spiro atoms. The number of para-hydroxylation sites is 1. The van der Waals surface area contributed by atoms with Gasteiger partial charge in [-0.2, -0.15) is 0 Å². The van der Waals surface area contributed by atoms with Crippen LogP contribution in [-0.4, -0.2) is 14.3 Å². The minimum absolute atomic E-state index is 0.0934. The van der Waals surface area contributed by atoms with Gasteiger partial charge in [-0.25, -0.2) is 13.1 Å². The second-order valence-corrected chi connectivity index (χ2v) is 5.49. The van der Waals surface area contributed by atoms with Gasteiger partial charge in [0.25, 0.3) is 15.9 Å². The lowest BCUT2D eigenvalue weighted by Gasteiger charge is -2.08. The second-order valence-electron chi connectivity index (χ2n) is 3.84. The highest BCUT2D eigenvalue weighted by molar-refractivity contribution is 7.90. The number of carbonyl (C=O) groups excluding carboxylic acids is 1. The molecule has 2 aromatic carbocycles. The SMILES string of the molecule is Nc1ccccc1S(=O)(=O)NC(=O)c1ccccc1. The minimum Gasteiger partial charge on any atom is -0.398 e. The van der Waals surface area contributed by atoms with Gasteiger partial charge in [-0.05, 0) is 24.3 Å². The molecule has 0 saturated heterocycles. The predicted molar refractivity (Wildman–Crippen MR) is 71.9 cm³/mol. The van der Waals surface area contributed by atoms with Gasteiger partial charge >= 0.3 is 0 Å². The number of carbonyl (C=O) groups is 1. The Bertz CT molecular complexity index is 697. The summed E-state index contributed by atoms with van der Waals surface area (Å²) in [6.07, 6.45) is 0. The maximum Gasteiger partial charge on any atom is 0.266 e. The molecular formula is C13H12N2O3S. The van der Waals surface area contributed by atoms with E-state index in [0.717, 1.165) is 0 Å². The van der Waals surface area contributed by atoms with Gasteiger partial charge in [0.2, 0.25) is 0 Å². The summed E-state index contributed by atoms with van der Waals surface area (Å²) in [5.74, 6) is -0.691. The Labute approximate surface area is 111 Å². The molecule has 3 N–H and O–H groups in total. The summed E-state index contributed by atoms with van der Waals surface area (Å²) >= 11 is 0. The highest BCUT2D eigenvalue weighted by Crippen LogP contribution is 2.17. The number of rotatable bonds is 3. The lowest BCUT2D eigenvalue weighted by molar-refractivity contribution is 0.0981. The maximum atomic E-state index is 12.0. The first-order valence-electron chi connectivity index (χ1n) is 5.47. The molecule has 1 amide bonds. The van der Waals surface area contributed by atoms with Crippen molar-refractivity contribution in [3.8, 4) is 0 Å². The zero-order valence-corrected chi connectivity index (χ0v) is 10.7. The number of hydrogen-bond donors (Lipinski definition) is 2. The van der Waals surface area contributed by atoms with Crippen molar-refractivity contribution in [1.82, 2.24) is 4.72 Å². The van der Waals surface area contributed by atoms with Crippen molar-refractivity contribution in [2.75, 3.05) is 5.73 Å². The Balaban J connectivity index is 2.29. The third-order valence-electron chi connectivity index (χ3n) is 2.47. The molecule has 2 aromatic rings. The van der Waals surface area contributed by atoms with Crippen LogP contribution in [0.25, 0.3) is 0 Å². The first-order chi connectivity index (χ1) is 9.00. The van der Waals surface area contributed by atoms with Gasteiger partial charge in [0, 0.05) is 5.56 Å². The van der Waals surface area contributed by atoms with E-state index in [1.807, 2.05) is 4.72 Å². The van der Waals surface area contributed by atoms with Crippen LogP contribution in [0.3, 0.4) is 0 Å². The van der Waals surface area contributed by atoms with Gasteiger partial charge < -0.3 is 5.73 Å². The number of sulfonamides is 1. The largest absolute Gasteiger partial charge is 0.398 e. The van der Waals surface area contributed by atoms with E-state index in [1.165, 1.54) is 30.3 Å². The highest BCUT2D eigenvalue weighted by atomic mass is 32.2. The molecule has 0 aliphatic heterocycles. The van der Waals surface area contributed by atoms with Crippen LogP contribution in [0, 0.1) is 0 Å². The van der Waals surface area contributed by atoms with E-state index in [-0.39, 0.29) is 16.1 Å². The molecule has 0 atom stereocenters. The van der Waals surface area contributed by atoms with Crippen LogP contribution >= 0.6 is 0 Å². The quantitative estimate of drug-likeness (QED) is 0.829. The van der Waals surface area contributed by atoms with Crippen LogP contribution in [0.15, 0.2) is 59.5 Å². The fraction of sp³-hybridized carbons (Fsp3) is 0. The molecule has 98 valence electrons. The normalized spacial score (nSPS) is 10.9. The molecule has 0 saturated carbocycles. The standard InChI is InChI=1S/C13H12N2O3S/c14-11-8-4-5-9-12(11)19(17,18)15-13(16)10-6-2-1-3-7-10/h1-9H,14H2,(H,15,16). The van der Waals surface area contributed by atoms with Gasteiger partial charge in [-0.1, -0.05) is 30.3 Å². The van der Waals surface area contributed by atoms with Crippen LogP contribution in [0.5, 0.6) is 0 Å². The average molecular weight is 276 g/mol. The lowest BCUT2D eigenvalue weighted by atomic mass is 10.2. The smallest absolute Gasteiger partial charge is 0.266 e. The maximum absolute atomic E-state index is 12.0. The number of anilines is 1. The molecule has 2 rings (SSSR count). The van der Waals surface area contributed by atoms with Crippen molar-refractivity contribution >= 4 is 21.6 Å². The Hall–Kier alpha value is -2.34. The van der Waals surface area contributed by atoms with Crippen LogP contribution < -0.4 is 10.5 Å². The summed E-state index contributed by atoms with van der Waals surface area (Å²) in [5, 5.41) is 0. The molecule has 0 fully saturated rings. The van der Waals surface area contributed by atoms with Crippen molar-refractivity contribution in [1.29, 1.82) is 0 Å². The van der Waals surface area contributed by atoms with Gasteiger partial charge in [-0.3, -0.25) is 4.79 Å². The predicted octanol–water partition coefficient (Wildman–Crippen LogP) is 1.39. The summed E-state index contributed by atoms with van der Waals surface area (Å²) < 4.78 is 26.0. The fourth-order valence-electron chi connectivity index (χ4n) is 1.55. The third kappa shape index (κ3) is 2.92. The molecular weight excluding hydrogens is 264 g/mol. The van der Waals surface area contributed by atoms with E-state index in [2.05, 4.69) is 0 Å². The number of nitrogen functional groups attached to an aromatic ring is 1. The third-order valence-corrected chi connectivity index (χ3v) is 3.88. The molecule has 6 heteroatoms. The lowest BCUT2D eigenvalue weighted by Crippen LogP contribution is -2.31. The van der Waals surface area contributed by atoms with Crippen LogP contribution in [0.4, 0.5) is 5.69 Å². The van der Waals surface area contributed by atoms with Crippen molar-refractivity contribution < 1.29 is 13.2 Å². The van der Waals surface area contributed by atoms with E-state index in [9.17, 15) is 13.2 Å². The van der Waals surface area contributed by atoms with Crippen LogP contribution in [0.2, 0.25) is 0 Å². The molecule has 0 unspecified atom stereocenters. The summed E-state index contributed by atoms with van der Waals surface area (Å²) in [4.78, 5) is 11.7. The Morgan fingerprint density at radius 3 is 2.16 bits per heavy atom. The average Bonchev–Trinajstić information content (AvgIpc) is 2.39. The first-order valence-corrected chi connectivity index (χ1v) is 6.96. The van der Waals surface area contributed by atoms with Crippen molar-refractivity contribution in [2.45, 2.75) is 4.90 Å². The van der Waals surface area contributed by atoms with Crippen molar-refractivity contribution in [2.24, 2.45) is 0 Å². The van der Waals surface area contributed by atoms with Gasteiger partial charge in [0.15, 0.2) is 0 Å². The molecule has 5 nitrogen and oxygen atoms in total. The fourth-order valence-corrected chi connectivity index (χ4v) is 2.66. The summed E-state index contributed by atoms with van der Waals surface area (Å²) in [5.41, 5.74) is 5.95. The summed E-state index contributed by atoms with van der Waals surface area (Å²) in [6, 6.07) is 14.1. The molecule has 0 heterocycles. The van der Waals surface area contributed by atoms with Gasteiger partial charge in [-0.15, -0.1) is 0 Å². The zero-order chi connectivity index (χ0) is 13.9. The van der Waals surface area contributed by atoms with E-state index < -0.39 is 15.9 Å². The van der Waals surface area contributed by atoms with Crippen molar-refractivity contribution in [3.63, 3.8) is 0 Å². The van der Waals surface area contributed by atoms with E-state index >= 15 is 0 Å². The van der Waals surface area contributed by atoms with Crippen LogP contribution in [-0.2, 0) is 10.0 Å².